The molecule has 1 atom stereocenters. The van der Waals surface area contributed by atoms with E-state index in [4.69, 9.17) is 4.74 Å². The smallest absolute Gasteiger partial charge is 0.301 e. The number of ether oxygens (including phenoxy) is 1. The lowest BCUT2D eigenvalue weighted by Gasteiger charge is -2.23. The van der Waals surface area contributed by atoms with Crippen LogP contribution in [0.1, 0.15) is 42.5 Å². The number of ketones is 1. The van der Waals surface area contributed by atoms with E-state index in [9.17, 15) is 14.7 Å². The highest BCUT2D eigenvalue weighted by molar-refractivity contribution is 7.14. The Kier molecular flexibility index (Phi) is 5.61. The Balaban J connectivity index is 1.91. The number of nitrogens with zero attached hydrogens (tertiary/aromatic N) is 2. The Hall–Kier alpha value is -3.45. The average Bonchev–Trinajstić information content (AvgIpc) is 3.40. The number of benzene rings is 2. The third-order valence-corrected chi connectivity index (χ3v) is 6.10. The normalized spacial score (nSPS) is 18.1. The van der Waals surface area contributed by atoms with E-state index in [1.807, 2.05) is 24.3 Å². The molecule has 31 heavy (non-hydrogen) atoms. The number of carbonyl (C=O) groups is 2. The summed E-state index contributed by atoms with van der Waals surface area (Å²) < 4.78 is 5.24. The summed E-state index contributed by atoms with van der Waals surface area (Å²) in [6, 6.07) is 13.7. The van der Waals surface area contributed by atoms with Gasteiger partial charge in [-0.05, 0) is 29.2 Å². The maximum atomic E-state index is 13.1. The number of anilines is 1. The summed E-state index contributed by atoms with van der Waals surface area (Å²) in [4.78, 5) is 31.7. The average molecular weight is 435 g/mol. The molecule has 0 aliphatic carbocycles. The van der Waals surface area contributed by atoms with Crippen molar-refractivity contribution in [2.45, 2.75) is 25.8 Å². The van der Waals surface area contributed by atoms with Crippen LogP contribution in [0.15, 0.2) is 65.7 Å². The van der Waals surface area contributed by atoms with E-state index < -0.39 is 17.7 Å². The number of carbonyl (C=O) groups excluding carboxylic acids is 2. The Morgan fingerprint density at radius 3 is 2.52 bits per heavy atom. The highest BCUT2D eigenvalue weighted by Gasteiger charge is 2.47. The molecule has 2 aromatic carbocycles. The highest BCUT2D eigenvalue weighted by atomic mass is 32.1. The summed E-state index contributed by atoms with van der Waals surface area (Å²) in [6.45, 7) is 4.19. The number of hydrogen-bond acceptors (Lipinski definition) is 6. The second kappa shape index (κ2) is 8.35. The van der Waals surface area contributed by atoms with Crippen LogP contribution in [0.3, 0.4) is 0 Å². The molecule has 1 aliphatic rings. The van der Waals surface area contributed by atoms with Crippen molar-refractivity contribution in [1.29, 1.82) is 0 Å². The van der Waals surface area contributed by atoms with Crippen molar-refractivity contribution in [3.8, 4) is 5.75 Å². The number of aliphatic hydroxyl groups excluding tert-OH is 1. The molecule has 3 aromatic rings. The summed E-state index contributed by atoms with van der Waals surface area (Å²) >= 11 is 1.27. The maximum absolute atomic E-state index is 13.1. The minimum Gasteiger partial charge on any atom is -0.507 e. The van der Waals surface area contributed by atoms with Gasteiger partial charge in [-0.25, -0.2) is 4.98 Å². The van der Waals surface area contributed by atoms with Crippen LogP contribution in [0.5, 0.6) is 5.75 Å². The predicted molar refractivity (Wildman–Crippen MR) is 120 cm³/mol. The molecule has 158 valence electrons. The van der Waals surface area contributed by atoms with E-state index in [2.05, 4.69) is 18.8 Å². The van der Waals surface area contributed by atoms with Crippen molar-refractivity contribution in [2.24, 2.45) is 0 Å². The first-order chi connectivity index (χ1) is 14.9. The van der Waals surface area contributed by atoms with Gasteiger partial charge < -0.3 is 9.84 Å². The van der Waals surface area contributed by atoms with Gasteiger partial charge in [0.15, 0.2) is 5.13 Å². The number of amides is 1. The molecule has 4 rings (SSSR count). The minimum atomic E-state index is -0.779. The van der Waals surface area contributed by atoms with E-state index in [-0.39, 0.29) is 11.3 Å². The monoisotopic (exact) mass is 434 g/mol. The van der Waals surface area contributed by atoms with Gasteiger partial charge in [0.2, 0.25) is 0 Å². The number of methoxy groups -OCH3 is 1. The van der Waals surface area contributed by atoms with Gasteiger partial charge in [0, 0.05) is 17.1 Å². The summed E-state index contributed by atoms with van der Waals surface area (Å²) in [5.41, 5.74) is 2.30. The van der Waals surface area contributed by atoms with Gasteiger partial charge >= 0.3 is 5.91 Å². The molecule has 0 saturated carbocycles. The number of thiazole rings is 1. The van der Waals surface area contributed by atoms with Gasteiger partial charge in [-0.1, -0.05) is 50.2 Å². The van der Waals surface area contributed by atoms with Crippen LogP contribution < -0.4 is 9.64 Å². The number of rotatable bonds is 5. The number of aliphatic hydroxyl groups is 1. The van der Waals surface area contributed by atoms with Crippen molar-refractivity contribution >= 4 is 33.9 Å². The van der Waals surface area contributed by atoms with Gasteiger partial charge in [-0.2, -0.15) is 0 Å². The fourth-order valence-electron chi connectivity index (χ4n) is 3.67. The van der Waals surface area contributed by atoms with Crippen LogP contribution in [0.4, 0.5) is 5.13 Å². The van der Waals surface area contributed by atoms with Gasteiger partial charge in [0.1, 0.15) is 11.5 Å². The Labute approximate surface area is 184 Å². The highest BCUT2D eigenvalue weighted by Crippen LogP contribution is 2.43. The van der Waals surface area contributed by atoms with Gasteiger partial charge in [-0.15, -0.1) is 11.3 Å². The zero-order valence-electron chi connectivity index (χ0n) is 17.4. The Morgan fingerprint density at radius 2 is 1.90 bits per heavy atom. The quantitative estimate of drug-likeness (QED) is 0.351. The molecule has 0 spiro atoms. The molecule has 0 radical (unpaired) electrons. The molecule has 0 bridgehead atoms. The van der Waals surface area contributed by atoms with Crippen LogP contribution >= 0.6 is 11.3 Å². The second-order valence-electron chi connectivity index (χ2n) is 7.54. The summed E-state index contributed by atoms with van der Waals surface area (Å²) in [7, 11) is 1.52. The zero-order valence-corrected chi connectivity index (χ0v) is 18.2. The van der Waals surface area contributed by atoms with E-state index in [1.54, 1.807) is 35.8 Å². The van der Waals surface area contributed by atoms with Crippen LogP contribution in [0, 0.1) is 0 Å². The molecule has 1 saturated heterocycles. The fraction of sp³-hybridized carbons (Fsp3) is 0.208. The zero-order chi connectivity index (χ0) is 22.1. The first kappa shape index (κ1) is 20.8. The standard InChI is InChI=1S/C24H22N2O4S/c1-14(2)15-7-9-16(10-8-15)20-19(21(27)17-5-4-6-18(13-17)30-3)22(28)23(29)26(20)24-25-11-12-31-24/h4-14,20,27H,1-3H3/b21-19+. The second-order valence-corrected chi connectivity index (χ2v) is 8.41. The molecule has 6 nitrogen and oxygen atoms in total. The molecule has 1 amide bonds. The van der Waals surface area contributed by atoms with Crippen molar-refractivity contribution < 1.29 is 19.4 Å². The largest absolute Gasteiger partial charge is 0.507 e. The molecule has 7 heteroatoms. The van der Waals surface area contributed by atoms with Gasteiger partial charge in [0.25, 0.3) is 5.78 Å². The van der Waals surface area contributed by atoms with Crippen LogP contribution in [-0.2, 0) is 9.59 Å². The van der Waals surface area contributed by atoms with E-state index in [0.29, 0.717) is 22.4 Å². The number of hydrogen-bond donors (Lipinski definition) is 1. The molecule has 1 aromatic heterocycles. The topological polar surface area (TPSA) is 79.7 Å². The van der Waals surface area contributed by atoms with Gasteiger partial charge in [-0.3, -0.25) is 14.5 Å². The molecule has 1 unspecified atom stereocenters. The van der Waals surface area contributed by atoms with Crippen LogP contribution in [-0.4, -0.2) is 28.9 Å². The lowest BCUT2D eigenvalue weighted by atomic mass is 9.93. The molecule has 2 heterocycles. The SMILES string of the molecule is COc1cccc(/C(O)=C2\C(=O)C(=O)N(c3nccs3)C2c2ccc(C(C)C)cc2)c1. The van der Waals surface area contributed by atoms with E-state index in [1.165, 1.54) is 23.3 Å². The predicted octanol–water partition coefficient (Wildman–Crippen LogP) is 4.90. The van der Waals surface area contributed by atoms with E-state index in [0.717, 1.165) is 11.1 Å². The Morgan fingerprint density at radius 1 is 1.16 bits per heavy atom. The minimum absolute atomic E-state index is 0.0331. The molecular formula is C24H22N2O4S. The third kappa shape index (κ3) is 3.72. The Bertz CT molecular complexity index is 1150. The maximum Gasteiger partial charge on any atom is 0.301 e. The van der Waals surface area contributed by atoms with Crippen molar-refractivity contribution in [3.05, 3.63) is 82.4 Å². The molecule has 1 fully saturated rings. The van der Waals surface area contributed by atoms with Crippen LogP contribution in [0.2, 0.25) is 0 Å². The summed E-state index contributed by atoms with van der Waals surface area (Å²) in [6.07, 6.45) is 1.58. The van der Waals surface area contributed by atoms with Crippen molar-refractivity contribution in [2.75, 3.05) is 12.0 Å². The number of aromatic nitrogens is 1. The lowest BCUT2D eigenvalue weighted by molar-refractivity contribution is -0.132. The third-order valence-electron chi connectivity index (χ3n) is 5.33. The first-order valence-corrected chi connectivity index (χ1v) is 10.7. The molecular weight excluding hydrogens is 412 g/mol. The van der Waals surface area contributed by atoms with Gasteiger partial charge in [0.05, 0.1) is 18.7 Å². The lowest BCUT2D eigenvalue weighted by Crippen LogP contribution is -2.29. The fourth-order valence-corrected chi connectivity index (χ4v) is 4.34. The molecule has 1 N–H and O–H groups in total. The number of Topliss-reactive ketones (excluding diaryl/α,β-unsaturated/α-hetero) is 1. The summed E-state index contributed by atoms with van der Waals surface area (Å²) in [5, 5.41) is 13.3. The molecule has 1 aliphatic heterocycles. The summed E-state index contributed by atoms with van der Waals surface area (Å²) in [5.74, 6) is -0.813. The first-order valence-electron chi connectivity index (χ1n) is 9.87. The van der Waals surface area contributed by atoms with Crippen molar-refractivity contribution in [1.82, 2.24) is 4.98 Å². The van der Waals surface area contributed by atoms with Crippen LogP contribution in [0.25, 0.3) is 5.76 Å². The van der Waals surface area contributed by atoms with E-state index >= 15 is 0 Å². The van der Waals surface area contributed by atoms with Crippen molar-refractivity contribution in [3.63, 3.8) is 0 Å².